The molecule has 6 nitrogen and oxygen atoms in total. The number of Topliss-reactive ketones (excluding diaryl/α,β-unsaturated/α-hetero) is 2. The van der Waals surface area contributed by atoms with Crippen molar-refractivity contribution in [2.45, 2.75) is 45.1 Å². The quantitative estimate of drug-likeness (QED) is 0.270. The minimum absolute atomic E-state index is 0.268. The van der Waals surface area contributed by atoms with Crippen molar-refractivity contribution in [1.82, 2.24) is 10.6 Å². The molecule has 0 aromatic rings. The fraction of sp³-hybridized carbons (Fsp3) is 0.857. The Hall–Kier alpha value is -0.820. The smallest absolute Gasteiger partial charge is 0.157 e. The Labute approximate surface area is 122 Å². The van der Waals surface area contributed by atoms with Crippen molar-refractivity contribution in [3.8, 4) is 0 Å². The average molecular weight is 286 g/mol. The monoisotopic (exact) mass is 286 g/mol. The molecule has 6 heteroatoms. The Morgan fingerprint density at radius 2 is 1.35 bits per heavy atom. The van der Waals surface area contributed by atoms with Crippen LogP contribution in [0.1, 0.15) is 39.5 Å². The normalized spacial score (nSPS) is 11.6. The van der Waals surface area contributed by atoms with Gasteiger partial charge in [-0.25, -0.2) is 0 Å². The summed E-state index contributed by atoms with van der Waals surface area (Å²) in [4.78, 5) is 22.8. The first kappa shape index (κ1) is 19.2. The molecule has 0 aliphatic rings. The van der Waals surface area contributed by atoms with E-state index in [0.717, 1.165) is 45.4 Å². The Bertz CT molecular complexity index is 281. The molecule has 0 aliphatic carbocycles. The molecule has 6 N–H and O–H groups in total. The first-order valence-corrected chi connectivity index (χ1v) is 7.37. The summed E-state index contributed by atoms with van der Waals surface area (Å²) in [6, 6.07) is 0. The largest absolute Gasteiger partial charge is 0.330 e. The topological polar surface area (TPSA) is 110 Å². The number of unbranched alkanes of at least 4 members (excludes halogenated alkanes) is 1. The van der Waals surface area contributed by atoms with E-state index in [4.69, 9.17) is 11.5 Å². The predicted molar refractivity (Wildman–Crippen MR) is 81.5 cm³/mol. The highest BCUT2D eigenvalue weighted by Gasteiger charge is 2.35. The summed E-state index contributed by atoms with van der Waals surface area (Å²) in [6.07, 6.45) is 3.50. The van der Waals surface area contributed by atoms with Gasteiger partial charge in [0.15, 0.2) is 11.6 Å². The molecule has 0 aromatic heterocycles. The number of ketones is 2. The van der Waals surface area contributed by atoms with Crippen LogP contribution in [0.4, 0.5) is 0 Å². The molecule has 0 unspecified atom stereocenters. The SMILES string of the molecule is CC(=O)C(N)(CCNCCCCNCCCN)C(C)=O. The van der Waals surface area contributed by atoms with E-state index in [1.54, 1.807) is 0 Å². The first-order valence-electron chi connectivity index (χ1n) is 7.37. The zero-order chi connectivity index (χ0) is 15.4. The number of carbonyl (C=O) groups excluding carboxylic acids is 2. The molecular weight excluding hydrogens is 256 g/mol. The van der Waals surface area contributed by atoms with Crippen molar-refractivity contribution in [2.24, 2.45) is 11.5 Å². The van der Waals surface area contributed by atoms with E-state index >= 15 is 0 Å². The summed E-state index contributed by atoms with van der Waals surface area (Å²) in [7, 11) is 0. The molecule has 20 heavy (non-hydrogen) atoms. The summed E-state index contributed by atoms with van der Waals surface area (Å²) in [6.45, 7) is 6.87. The summed E-state index contributed by atoms with van der Waals surface area (Å²) >= 11 is 0. The molecule has 0 rings (SSSR count). The fourth-order valence-corrected chi connectivity index (χ4v) is 1.86. The molecule has 0 aliphatic heterocycles. The van der Waals surface area contributed by atoms with Gasteiger partial charge in [0.05, 0.1) is 0 Å². The summed E-state index contributed by atoms with van der Waals surface area (Å²) in [5.74, 6) is -0.535. The van der Waals surface area contributed by atoms with Gasteiger partial charge in [0.1, 0.15) is 5.54 Å². The Balaban J connectivity index is 3.56. The van der Waals surface area contributed by atoms with Crippen molar-refractivity contribution < 1.29 is 9.59 Å². The van der Waals surface area contributed by atoms with Gasteiger partial charge in [0.2, 0.25) is 0 Å². The molecule has 0 atom stereocenters. The van der Waals surface area contributed by atoms with Crippen LogP contribution in [-0.4, -0.2) is 49.8 Å². The molecular formula is C14H30N4O2. The zero-order valence-corrected chi connectivity index (χ0v) is 12.8. The standard InChI is InChI=1S/C14H30N4O2/c1-12(19)14(16,13(2)20)6-11-18-9-4-3-8-17-10-5-7-15/h17-18H,3-11,15-16H2,1-2H3. The van der Waals surface area contributed by atoms with Gasteiger partial charge in [-0.3, -0.25) is 9.59 Å². The number of hydrogen-bond acceptors (Lipinski definition) is 6. The van der Waals surface area contributed by atoms with Gasteiger partial charge in [-0.05, 0) is 72.3 Å². The van der Waals surface area contributed by atoms with E-state index in [9.17, 15) is 9.59 Å². The molecule has 0 saturated heterocycles. The van der Waals surface area contributed by atoms with Crippen LogP contribution in [-0.2, 0) is 9.59 Å². The van der Waals surface area contributed by atoms with Crippen LogP contribution in [0, 0.1) is 0 Å². The minimum Gasteiger partial charge on any atom is -0.330 e. The van der Waals surface area contributed by atoms with Gasteiger partial charge < -0.3 is 22.1 Å². The third-order valence-corrected chi connectivity index (χ3v) is 3.47. The van der Waals surface area contributed by atoms with E-state index in [-0.39, 0.29) is 11.6 Å². The molecule has 118 valence electrons. The zero-order valence-electron chi connectivity index (χ0n) is 12.8. The van der Waals surface area contributed by atoms with Crippen LogP contribution < -0.4 is 22.1 Å². The first-order chi connectivity index (χ1) is 9.45. The molecule has 0 spiro atoms. The van der Waals surface area contributed by atoms with Gasteiger partial charge in [0, 0.05) is 0 Å². The molecule has 0 radical (unpaired) electrons. The van der Waals surface area contributed by atoms with Gasteiger partial charge >= 0.3 is 0 Å². The maximum absolute atomic E-state index is 11.4. The lowest BCUT2D eigenvalue weighted by Crippen LogP contribution is -2.54. The lowest BCUT2D eigenvalue weighted by atomic mass is 9.88. The van der Waals surface area contributed by atoms with Gasteiger partial charge in [0.25, 0.3) is 0 Å². The number of carbonyl (C=O) groups is 2. The Kier molecular flexibility index (Phi) is 10.5. The third kappa shape index (κ3) is 7.69. The molecule has 0 aromatic carbocycles. The second-order valence-corrected chi connectivity index (χ2v) is 5.18. The van der Waals surface area contributed by atoms with Gasteiger partial charge in [-0.15, -0.1) is 0 Å². The van der Waals surface area contributed by atoms with Crippen LogP contribution in [0.3, 0.4) is 0 Å². The highest BCUT2D eigenvalue weighted by atomic mass is 16.2. The Morgan fingerprint density at radius 1 is 0.900 bits per heavy atom. The van der Waals surface area contributed by atoms with Gasteiger partial charge in [-0.1, -0.05) is 0 Å². The Morgan fingerprint density at radius 3 is 1.80 bits per heavy atom. The second-order valence-electron chi connectivity index (χ2n) is 5.18. The van der Waals surface area contributed by atoms with E-state index in [0.29, 0.717) is 13.0 Å². The molecule has 0 amide bonds. The van der Waals surface area contributed by atoms with E-state index in [1.807, 2.05) is 0 Å². The van der Waals surface area contributed by atoms with Crippen LogP contribution in [0.15, 0.2) is 0 Å². The van der Waals surface area contributed by atoms with Crippen molar-refractivity contribution in [1.29, 1.82) is 0 Å². The minimum atomic E-state index is -1.32. The van der Waals surface area contributed by atoms with Crippen LogP contribution in [0.2, 0.25) is 0 Å². The molecule has 0 heterocycles. The highest BCUT2D eigenvalue weighted by molar-refractivity contribution is 6.09. The summed E-state index contributed by atoms with van der Waals surface area (Å²) in [5.41, 5.74) is 9.90. The fourth-order valence-electron chi connectivity index (χ4n) is 1.86. The van der Waals surface area contributed by atoms with E-state index in [2.05, 4.69) is 10.6 Å². The predicted octanol–water partition coefficient (Wildman–Crippen LogP) is -0.440. The lowest BCUT2D eigenvalue weighted by Gasteiger charge is -2.23. The van der Waals surface area contributed by atoms with Crippen LogP contribution in [0.25, 0.3) is 0 Å². The maximum atomic E-state index is 11.4. The molecule has 0 bridgehead atoms. The number of hydrogen-bond donors (Lipinski definition) is 4. The third-order valence-electron chi connectivity index (χ3n) is 3.47. The van der Waals surface area contributed by atoms with Crippen molar-refractivity contribution in [2.75, 3.05) is 32.7 Å². The van der Waals surface area contributed by atoms with Crippen molar-refractivity contribution >= 4 is 11.6 Å². The van der Waals surface area contributed by atoms with Crippen molar-refractivity contribution in [3.63, 3.8) is 0 Å². The molecule has 0 saturated carbocycles. The number of rotatable bonds is 13. The summed E-state index contributed by atoms with van der Waals surface area (Å²) in [5, 5.41) is 6.53. The average Bonchev–Trinajstić information content (AvgIpc) is 2.40. The van der Waals surface area contributed by atoms with Crippen LogP contribution in [0.5, 0.6) is 0 Å². The number of nitrogens with one attached hydrogen (secondary N) is 2. The summed E-state index contributed by atoms with van der Waals surface area (Å²) < 4.78 is 0. The molecule has 0 fully saturated rings. The maximum Gasteiger partial charge on any atom is 0.157 e. The van der Waals surface area contributed by atoms with Gasteiger partial charge in [-0.2, -0.15) is 0 Å². The number of nitrogens with two attached hydrogens (primary N) is 2. The highest BCUT2D eigenvalue weighted by Crippen LogP contribution is 2.09. The lowest BCUT2D eigenvalue weighted by molar-refractivity contribution is -0.132. The van der Waals surface area contributed by atoms with E-state index in [1.165, 1.54) is 13.8 Å². The van der Waals surface area contributed by atoms with Crippen molar-refractivity contribution in [3.05, 3.63) is 0 Å². The van der Waals surface area contributed by atoms with E-state index < -0.39 is 5.54 Å². The second kappa shape index (κ2) is 10.9. The van der Waals surface area contributed by atoms with Crippen LogP contribution >= 0.6 is 0 Å².